The lowest BCUT2D eigenvalue weighted by Crippen LogP contribution is -2.28. The van der Waals surface area contributed by atoms with Crippen molar-refractivity contribution in [3.05, 3.63) is 63.1 Å². The Morgan fingerprint density at radius 2 is 1.88 bits per heavy atom. The van der Waals surface area contributed by atoms with Crippen molar-refractivity contribution in [2.75, 3.05) is 0 Å². The van der Waals surface area contributed by atoms with Crippen LogP contribution in [0.2, 0.25) is 0 Å². The van der Waals surface area contributed by atoms with E-state index in [2.05, 4.69) is 5.10 Å². The first-order chi connectivity index (χ1) is 11.8. The number of hydrogen-bond acceptors (Lipinski definition) is 5. The zero-order valence-corrected chi connectivity index (χ0v) is 14.9. The molecule has 0 N–H and O–H groups in total. The van der Waals surface area contributed by atoms with Crippen LogP contribution in [0.1, 0.15) is 52.2 Å². The Morgan fingerprint density at radius 3 is 2.52 bits per heavy atom. The predicted octanol–water partition coefficient (Wildman–Crippen LogP) is 2.70. The molecule has 1 unspecified atom stereocenters. The smallest absolute Gasteiger partial charge is 0.359 e. The highest BCUT2D eigenvalue weighted by atomic mass is 16.5. The Kier molecular flexibility index (Phi) is 5.85. The molecule has 1 aromatic carbocycles. The van der Waals surface area contributed by atoms with Gasteiger partial charge in [0.25, 0.3) is 5.56 Å². The second-order valence-electron chi connectivity index (χ2n) is 5.99. The molecule has 0 saturated carbocycles. The second-order valence-corrected chi connectivity index (χ2v) is 5.99. The SMILES string of the molecule is CCCn1nc(C(=O)OC(C)C(=O)c2ccc(C)c(C)c2)ccc1=O. The fourth-order valence-electron chi connectivity index (χ4n) is 2.33. The van der Waals surface area contributed by atoms with E-state index in [9.17, 15) is 14.4 Å². The summed E-state index contributed by atoms with van der Waals surface area (Å²) in [6.45, 7) is 7.73. The highest BCUT2D eigenvalue weighted by Gasteiger charge is 2.22. The highest BCUT2D eigenvalue weighted by molar-refractivity contribution is 6.01. The van der Waals surface area contributed by atoms with Crippen LogP contribution < -0.4 is 5.56 Å². The largest absolute Gasteiger partial charge is 0.449 e. The first kappa shape index (κ1) is 18.6. The van der Waals surface area contributed by atoms with Gasteiger partial charge in [0.05, 0.1) is 0 Å². The zero-order chi connectivity index (χ0) is 18.6. The van der Waals surface area contributed by atoms with Gasteiger partial charge in [-0.1, -0.05) is 19.1 Å². The lowest BCUT2D eigenvalue weighted by molar-refractivity contribution is 0.0310. The minimum atomic E-state index is -0.942. The number of hydrogen-bond donors (Lipinski definition) is 0. The third-order valence-corrected chi connectivity index (χ3v) is 3.96. The molecule has 0 aliphatic heterocycles. The highest BCUT2D eigenvalue weighted by Crippen LogP contribution is 2.13. The molecule has 132 valence electrons. The van der Waals surface area contributed by atoms with E-state index >= 15 is 0 Å². The molecular weight excluding hydrogens is 320 g/mol. The Morgan fingerprint density at radius 1 is 1.16 bits per heavy atom. The van der Waals surface area contributed by atoms with Crippen LogP contribution in [0.3, 0.4) is 0 Å². The first-order valence-corrected chi connectivity index (χ1v) is 8.24. The van der Waals surface area contributed by atoms with E-state index in [-0.39, 0.29) is 17.0 Å². The molecule has 0 fully saturated rings. The predicted molar refractivity (Wildman–Crippen MR) is 93.9 cm³/mol. The van der Waals surface area contributed by atoms with Crippen LogP contribution in [-0.4, -0.2) is 27.6 Å². The number of ketones is 1. The molecular formula is C19H22N2O4. The van der Waals surface area contributed by atoms with Crippen LogP contribution >= 0.6 is 0 Å². The maximum atomic E-state index is 12.4. The van der Waals surface area contributed by atoms with Crippen LogP contribution in [0, 0.1) is 13.8 Å². The van der Waals surface area contributed by atoms with Crippen LogP contribution in [-0.2, 0) is 11.3 Å². The Hall–Kier alpha value is -2.76. The molecule has 1 heterocycles. The molecule has 0 aliphatic rings. The van der Waals surface area contributed by atoms with Gasteiger partial charge in [0.2, 0.25) is 5.78 Å². The molecule has 6 heteroatoms. The standard InChI is InChI=1S/C19H22N2O4/c1-5-10-21-17(22)9-8-16(20-21)19(24)25-14(4)18(23)15-7-6-12(2)13(3)11-15/h6-9,11,14H,5,10H2,1-4H3. The number of nitrogens with zero attached hydrogens (tertiary/aromatic N) is 2. The number of esters is 1. The molecule has 25 heavy (non-hydrogen) atoms. The van der Waals surface area contributed by atoms with Crippen LogP contribution in [0.5, 0.6) is 0 Å². The van der Waals surface area contributed by atoms with Crippen molar-refractivity contribution >= 4 is 11.8 Å². The average Bonchev–Trinajstić information content (AvgIpc) is 2.58. The number of aromatic nitrogens is 2. The van der Waals surface area contributed by atoms with Gasteiger partial charge < -0.3 is 4.74 Å². The van der Waals surface area contributed by atoms with Crippen molar-refractivity contribution in [1.82, 2.24) is 9.78 Å². The number of rotatable bonds is 6. The van der Waals surface area contributed by atoms with Crippen molar-refractivity contribution in [2.45, 2.75) is 46.8 Å². The van der Waals surface area contributed by atoms with Crippen molar-refractivity contribution in [2.24, 2.45) is 0 Å². The minimum Gasteiger partial charge on any atom is -0.449 e. The molecule has 0 saturated heterocycles. The zero-order valence-electron chi connectivity index (χ0n) is 14.9. The third kappa shape index (κ3) is 4.41. The van der Waals surface area contributed by atoms with E-state index in [1.807, 2.05) is 26.8 Å². The Labute approximate surface area is 146 Å². The van der Waals surface area contributed by atoms with Gasteiger partial charge in [-0.15, -0.1) is 0 Å². The molecule has 0 aliphatic carbocycles. The first-order valence-electron chi connectivity index (χ1n) is 8.24. The number of ether oxygens (including phenoxy) is 1. The monoisotopic (exact) mass is 342 g/mol. The van der Waals surface area contributed by atoms with Gasteiger partial charge in [0.15, 0.2) is 11.8 Å². The van der Waals surface area contributed by atoms with E-state index in [1.165, 1.54) is 23.7 Å². The van der Waals surface area contributed by atoms with Gasteiger partial charge in [-0.25, -0.2) is 9.48 Å². The van der Waals surface area contributed by atoms with Crippen molar-refractivity contribution in [3.63, 3.8) is 0 Å². The fourth-order valence-corrected chi connectivity index (χ4v) is 2.33. The van der Waals surface area contributed by atoms with Gasteiger partial charge in [-0.3, -0.25) is 9.59 Å². The van der Waals surface area contributed by atoms with Crippen LogP contribution in [0.4, 0.5) is 0 Å². The summed E-state index contributed by atoms with van der Waals surface area (Å²) in [4.78, 5) is 36.3. The number of aryl methyl sites for hydroxylation is 3. The molecule has 1 atom stereocenters. The lowest BCUT2D eigenvalue weighted by atomic mass is 10.0. The molecule has 1 aromatic heterocycles. The summed E-state index contributed by atoms with van der Waals surface area (Å²) in [6.07, 6.45) is -0.226. The lowest BCUT2D eigenvalue weighted by Gasteiger charge is -2.13. The fraction of sp³-hybridized carbons (Fsp3) is 0.368. The summed E-state index contributed by atoms with van der Waals surface area (Å²) >= 11 is 0. The van der Waals surface area contributed by atoms with E-state index in [0.717, 1.165) is 11.1 Å². The van der Waals surface area contributed by atoms with Crippen LogP contribution in [0.25, 0.3) is 0 Å². The summed E-state index contributed by atoms with van der Waals surface area (Å²) in [7, 11) is 0. The van der Waals surface area contributed by atoms with Crippen LogP contribution in [0.15, 0.2) is 35.1 Å². The summed E-state index contributed by atoms with van der Waals surface area (Å²) in [6, 6.07) is 7.94. The Bertz CT molecular complexity index is 855. The maximum absolute atomic E-state index is 12.4. The van der Waals surface area contributed by atoms with Crippen molar-refractivity contribution < 1.29 is 14.3 Å². The second kappa shape index (κ2) is 7.88. The third-order valence-electron chi connectivity index (χ3n) is 3.96. The summed E-state index contributed by atoms with van der Waals surface area (Å²) in [5.41, 5.74) is 2.30. The molecule has 0 radical (unpaired) electrons. The molecule has 6 nitrogen and oxygen atoms in total. The topological polar surface area (TPSA) is 78.3 Å². The van der Waals surface area contributed by atoms with Gasteiger partial charge in [0, 0.05) is 18.2 Å². The number of Topliss-reactive ketones (excluding diaryl/α,β-unsaturated/α-hetero) is 1. The molecule has 2 aromatic rings. The minimum absolute atomic E-state index is 0.00721. The van der Waals surface area contributed by atoms with Gasteiger partial charge >= 0.3 is 5.97 Å². The van der Waals surface area contributed by atoms with Gasteiger partial charge in [-0.2, -0.15) is 5.10 Å². The quantitative estimate of drug-likeness (QED) is 0.596. The molecule has 0 bridgehead atoms. The summed E-state index contributed by atoms with van der Waals surface area (Å²) in [5.74, 6) is -1.01. The van der Waals surface area contributed by atoms with E-state index in [0.29, 0.717) is 18.5 Å². The average molecular weight is 342 g/mol. The van der Waals surface area contributed by atoms with E-state index in [1.54, 1.807) is 12.1 Å². The van der Waals surface area contributed by atoms with Crippen molar-refractivity contribution in [3.8, 4) is 0 Å². The van der Waals surface area contributed by atoms with E-state index in [4.69, 9.17) is 4.74 Å². The Balaban J connectivity index is 2.14. The number of carbonyl (C=O) groups is 2. The van der Waals surface area contributed by atoms with E-state index < -0.39 is 12.1 Å². The molecule has 0 spiro atoms. The van der Waals surface area contributed by atoms with Gasteiger partial charge in [0.1, 0.15) is 0 Å². The number of carbonyl (C=O) groups excluding carboxylic acids is 2. The van der Waals surface area contributed by atoms with Crippen molar-refractivity contribution in [1.29, 1.82) is 0 Å². The number of benzene rings is 1. The normalized spacial score (nSPS) is 11.8. The molecule has 0 amide bonds. The molecule has 2 rings (SSSR count). The summed E-state index contributed by atoms with van der Waals surface area (Å²) < 4.78 is 6.44. The van der Waals surface area contributed by atoms with Gasteiger partial charge in [-0.05, 0) is 50.5 Å². The summed E-state index contributed by atoms with van der Waals surface area (Å²) in [5, 5.41) is 3.99. The maximum Gasteiger partial charge on any atom is 0.359 e.